The molecule has 31 heavy (non-hydrogen) atoms. The first-order valence-electron chi connectivity index (χ1n) is 9.25. The molecule has 0 aromatic heterocycles. The van der Waals surface area contributed by atoms with Crippen molar-refractivity contribution in [3.63, 3.8) is 0 Å². The Bertz CT molecular complexity index is 1200. The Kier molecular flexibility index (Phi) is 5.39. The molecule has 1 fully saturated rings. The van der Waals surface area contributed by atoms with Crippen LogP contribution in [0.1, 0.15) is 17.2 Å². The fourth-order valence-electron chi connectivity index (χ4n) is 3.55. The first-order valence-corrected chi connectivity index (χ1v) is 10.0. The predicted molar refractivity (Wildman–Crippen MR) is 118 cm³/mol. The van der Waals surface area contributed by atoms with Gasteiger partial charge in [0, 0.05) is 27.9 Å². The zero-order valence-electron chi connectivity index (χ0n) is 15.9. The Morgan fingerprint density at radius 3 is 2.13 bits per heavy atom. The quantitative estimate of drug-likeness (QED) is 0.187. The van der Waals surface area contributed by atoms with E-state index in [1.54, 1.807) is 48.5 Å². The van der Waals surface area contributed by atoms with Crippen molar-refractivity contribution in [1.82, 2.24) is 0 Å². The fraction of sp³-hybridized carbons (Fsp3) is 0.0435. The number of carbonyl (C=O) groups excluding carboxylic acids is 2. The lowest BCUT2D eigenvalue weighted by Gasteiger charge is -2.25. The summed E-state index contributed by atoms with van der Waals surface area (Å²) in [5.41, 5.74) is 1.13. The maximum Gasteiger partial charge on any atom is 0.300 e. The minimum atomic E-state index is -0.849. The number of nitro benzene ring substituents is 1. The third-order valence-corrected chi connectivity index (χ3v) is 5.54. The van der Waals surface area contributed by atoms with Crippen LogP contribution in [0.25, 0.3) is 5.76 Å². The Morgan fingerprint density at radius 1 is 0.935 bits per heavy atom. The lowest BCUT2D eigenvalue weighted by molar-refractivity contribution is -0.384. The first-order chi connectivity index (χ1) is 14.9. The van der Waals surface area contributed by atoms with Crippen molar-refractivity contribution in [1.29, 1.82) is 0 Å². The van der Waals surface area contributed by atoms with Crippen molar-refractivity contribution in [2.45, 2.75) is 6.04 Å². The molecule has 8 heteroatoms. The molecule has 1 heterocycles. The van der Waals surface area contributed by atoms with Gasteiger partial charge in [-0.2, -0.15) is 0 Å². The Balaban J connectivity index is 1.90. The van der Waals surface area contributed by atoms with E-state index in [0.717, 1.165) is 4.47 Å². The number of aliphatic hydroxyl groups excluding tert-OH is 1. The number of ketones is 1. The number of anilines is 1. The molecule has 1 unspecified atom stereocenters. The summed E-state index contributed by atoms with van der Waals surface area (Å²) < 4.78 is 0.815. The predicted octanol–water partition coefficient (Wildman–Crippen LogP) is 4.98. The van der Waals surface area contributed by atoms with E-state index in [-0.39, 0.29) is 22.6 Å². The summed E-state index contributed by atoms with van der Waals surface area (Å²) in [6.07, 6.45) is 0. The summed E-state index contributed by atoms with van der Waals surface area (Å²) in [7, 11) is 0. The standard InChI is InChI=1S/C23H15BrN2O5/c24-16-8-12-17(13-9-16)25-20(14-4-2-1-3-5-14)19(22(28)23(25)29)21(27)15-6-10-18(11-7-15)26(30)31/h1-13,20,27H/b21-19-. The number of rotatable bonds is 4. The number of non-ortho nitro benzene ring substituents is 1. The molecule has 0 bridgehead atoms. The number of benzene rings is 3. The molecule has 1 aliphatic rings. The van der Waals surface area contributed by atoms with Crippen LogP contribution in [0.4, 0.5) is 11.4 Å². The number of hydrogen-bond acceptors (Lipinski definition) is 5. The minimum Gasteiger partial charge on any atom is -0.507 e. The van der Waals surface area contributed by atoms with Crippen molar-refractivity contribution < 1.29 is 19.6 Å². The van der Waals surface area contributed by atoms with Crippen molar-refractivity contribution in [2.75, 3.05) is 4.90 Å². The van der Waals surface area contributed by atoms with Gasteiger partial charge in [-0.15, -0.1) is 0 Å². The van der Waals surface area contributed by atoms with Gasteiger partial charge < -0.3 is 5.11 Å². The molecule has 0 aliphatic carbocycles. The molecule has 1 saturated heterocycles. The number of aliphatic hydroxyl groups is 1. The number of carbonyl (C=O) groups is 2. The molecule has 0 saturated carbocycles. The van der Waals surface area contributed by atoms with Crippen LogP contribution in [-0.2, 0) is 9.59 Å². The maximum absolute atomic E-state index is 13.0. The molecule has 4 rings (SSSR count). The summed E-state index contributed by atoms with van der Waals surface area (Å²) >= 11 is 3.36. The van der Waals surface area contributed by atoms with Crippen LogP contribution in [0, 0.1) is 10.1 Å². The van der Waals surface area contributed by atoms with Gasteiger partial charge in [-0.1, -0.05) is 46.3 Å². The molecule has 154 valence electrons. The molecule has 0 radical (unpaired) electrons. The van der Waals surface area contributed by atoms with E-state index in [0.29, 0.717) is 11.3 Å². The zero-order chi connectivity index (χ0) is 22.1. The number of nitrogens with zero attached hydrogens (tertiary/aromatic N) is 2. The molecule has 3 aromatic carbocycles. The molecule has 1 amide bonds. The Hall–Kier alpha value is -3.78. The smallest absolute Gasteiger partial charge is 0.300 e. The minimum absolute atomic E-state index is 0.0760. The highest BCUT2D eigenvalue weighted by molar-refractivity contribution is 9.10. The van der Waals surface area contributed by atoms with Crippen molar-refractivity contribution >= 4 is 44.8 Å². The molecule has 1 aliphatic heterocycles. The molecular formula is C23H15BrN2O5. The highest BCUT2D eigenvalue weighted by atomic mass is 79.9. The summed E-state index contributed by atoms with van der Waals surface area (Å²) in [6.45, 7) is 0. The van der Waals surface area contributed by atoms with Crippen LogP contribution in [-0.4, -0.2) is 21.7 Å². The van der Waals surface area contributed by atoms with Crippen molar-refractivity contribution in [3.05, 3.63) is 110 Å². The van der Waals surface area contributed by atoms with Gasteiger partial charge >= 0.3 is 0 Å². The molecular weight excluding hydrogens is 464 g/mol. The van der Waals surface area contributed by atoms with E-state index < -0.39 is 22.7 Å². The normalized spacial score (nSPS) is 17.7. The summed E-state index contributed by atoms with van der Waals surface area (Å²) in [4.78, 5) is 37.7. The third-order valence-electron chi connectivity index (χ3n) is 5.02. The second kappa shape index (κ2) is 8.16. The van der Waals surface area contributed by atoms with Crippen LogP contribution >= 0.6 is 15.9 Å². The van der Waals surface area contributed by atoms with Crippen LogP contribution in [0.5, 0.6) is 0 Å². The van der Waals surface area contributed by atoms with E-state index in [1.165, 1.54) is 29.2 Å². The van der Waals surface area contributed by atoms with Gasteiger partial charge in [-0.05, 0) is 42.0 Å². The lowest BCUT2D eigenvalue weighted by atomic mass is 9.95. The number of halogens is 1. The van der Waals surface area contributed by atoms with E-state index >= 15 is 0 Å². The van der Waals surface area contributed by atoms with Crippen molar-refractivity contribution in [3.8, 4) is 0 Å². The third kappa shape index (κ3) is 3.73. The van der Waals surface area contributed by atoms with E-state index in [9.17, 15) is 24.8 Å². The van der Waals surface area contributed by atoms with Gasteiger partial charge in [0.1, 0.15) is 5.76 Å². The summed E-state index contributed by atoms with van der Waals surface area (Å²) in [6, 6.07) is 20.2. The second-order valence-corrected chi connectivity index (χ2v) is 7.78. The number of amides is 1. The summed E-state index contributed by atoms with van der Waals surface area (Å²) in [5.74, 6) is -1.98. The van der Waals surface area contributed by atoms with Crippen LogP contribution in [0.2, 0.25) is 0 Å². The SMILES string of the molecule is O=C1C(=O)N(c2ccc(Br)cc2)C(c2ccccc2)/C1=C(/O)c1ccc([N+](=O)[O-])cc1. The molecule has 3 aromatic rings. The molecule has 1 atom stereocenters. The Morgan fingerprint density at radius 2 is 1.55 bits per heavy atom. The fourth-order valence-corrected chi connectivity index (χ4v) is 3.81. The molecule has 7 nitrogen and oxygen atoms in total. The number of Topliss-reactive ketones (excluding diaryl/α,β-unsaturated/α-hetero) is 1. The molecule has 0 spiro atoms. The molecule has 1 N–H and O–H groups in total. The highest BCUT2D eigenvalue weighted by Crippen LogP contribution is 2.42. The van der Waals surface area contributed by atoms with Gasteiger partial charge in [-0.3, -0.25) is 24.6 Å². The maximum atomic E-state index is 13.0. The zero-order valence-corrected chi connectivity index (χ0v) is 17.5. The average Bonchev–Trinajstić information content (AvgIpc) is 3.05. The number of hydrogen-bond donors (Lipinski definition) is 1. The largest absolute Gasteiger partial charge is 0.507 e. The van der Waals surface area contributed by atoms with E-state index in [4.69, 9.17) is 0 Å². The monoisotopic (exact) mass is 478 g/mol. The van der Waals surface area contributed by atoms with Crippen LogP contribution in [0.3, 0.4) is 0 Å². The summed E-state index contributed by atoms with van der Waals surface area (Å²) in [5, 5.41) is 21.9. The lowest BCUT2D eigenvalue weighted by Crippen LogP contribution is -2.29. The Labute approximate surface area is 185 Å². The second-order valence-electron chi connectivity index (χ2n) is 6.86. The topological polar surface area (TPSA) is 101 Å². The average molecular weight is 479 g/mol. The van der Waals surface area contributed by atoms with Crippen LogP contribution in [0.15, 0.2) is 88.9 Å². The van der Waals surface area contributed by atoms with Gasteiger partial charge in [-0.25, -0.2) is 0 Å². The number of nitro groups is 1. The van der Waals surface area contributed by atoms with Gasteiger partial charge in [0.15, 0.2) is 0 Å². The first kappa shape index (κ1) is 20.5. The van der Waals surface area contributed by atoms with Crippen LogP contribution < -0.4 is 4.90 Å². The van der Waals surface area contributed by atoms with E-state index in [2.05, 4.69) is 15.9 Å². The van der Waals surface area contributed by atoms with Crippen molar-refractivity contribution in [2.24, 2.45) is 0 Å². The van der Waals surface area contributed by atoms with E-state index in [1.807, 2.05) is 6.07 Å². The van der Waals surface area contributed by atoms with Gasteiger partial charge in [0.05, 0.1) is 16.5 Å². The van der Waals surface area contributed by atoms with Gasteiger partial charge in [0.25, 0.3) is 17.4 Å². The van der Waals surface area contributed by atoms with Gasteiger partial charge in [0.2, 0.25) is 0 Å². The highest BCUT2D eigenvalue weighted by Gasteiger charge is 2.46.